The molecule has 1 amide bonds. The summed E-state index contributed by atoms with van der Waals surface area (Å²) in [5.41, 5.74) is 7.55. The van der Waals surface area contributed by atoms with E-state index in [1.54, 1.807) is 0 Å². The molecule has 0 aromatic carbocycles. The molecule has 0 aromatic heterocycles. The van der Waals surface area contributed by atoms with Crippen molar-refractivity contribution in [1.82, 2.24) is 10.9 Å². The number of carbonyl (C=O) groups excluding carboxylic acids is 1. The van der Waals surface area contributed by atoms with Gasteiger partial charge in [-0.3, -0.25) is 10.2 Å². The van der Waals surface area contributed by atoms with Crippen molar-refractivity contribution in [2.45, 2.75) is 51.4 Å². The van der Waals surface area contributed by atoms with Gasteiger partial charge in [-0.1, -0.05) is 6.42 Å². The van der Waals surface area contributed by atoms with Gasteiger partial charge in [-0.25, -0.2) is 0 Å². The first-order valence-corrected chi connectivity index (χ1v) is 8.04. The van der Waals surface area contributed by atoms with Crippen LogP contribution in [0.25, 0.3) is 0 Å². The van der Waals surface area contributed by atoms with E-state index in [0.717, 1.165) is 24.2 Å². The van der Waals surface area contributed by atoms with E-state index in [4.69, 9.17) is 0 Å². The third kappa shape index (κ3) is 2.07. The van der Waals surface area contributed by atoms with Crippen LogP contribution in [0.4, 0.5) is 0 Å². The molecule has 104 valence electrons. The molecular formula is C16H24N2O. The Morgan fingerprint density at radius 1 is 1.05 bits per heavy atom. The predicted molar refractivity (Wildman–Crippen MR) is 73.7 cm³/mol. The van der Waals surface area contributed by atoms with E-state index in [0.29, 0.717) is 5.92 Å². The van der Waals surface area contributed by atoms with Gasteiger partial charge < -0.3 is 5.43 Å². The second-order valence-electron chi connectivity index (χ2n) is 7.21. The lowest BCUT2D eigenvalue weighted by atomic mass is 9.88. The number of rotatable bonds is 3. The molecule has 4 rings (SSSR count). The van der Waals surface area contributed by atoms with E-state index in [9.17, 15) is 4.79 Å². The molecule has 4 aliphatic carbocycles. The van der Waals surface area contributed by atoms with Gasteiger partial charge in [0.25, 0.3) is 0 Å². The van der Waals surface area contributed by atoms with Crippen LogP contribution >= 0.6 is 0 Å². The minimum Gasteiger partial charge on any atom is -0.306 e. The smallest absolute Gasteiger partial charge is 0.241 e. The molecule has 4 bridgehead atoms. The van der Waals surface area contributed by atoms with Crippen LogP contribution in [-0.2, 0) is 4.79 Å². The van der Waals surface area contributed by atoms with E-state index in [-0.39, 0.29) is 11.8 Å². The summed E-state index contributed by atoms with van der Waals surface area (Å²) < 4.78 is 0. The summed E-state index contributed by atoms with van der Waals surface area (Å²) in [5, 5.41) is 0. The van der Waals surface area contributed by atoms with Crippen molar-refractivity contribution in [3.05, 3.63) is 11.8 Å². The second-order valence-corrected chi connectivity index (χ2v) is 7.21. The molecule has 0 aliphatic heterocycles. The Hall–Kier alpha value is -0.990. The number of hydrogen-bond donors (Lipinski definition) is 2. The average Bonchev–Trinajstić information content (AvgIpc) is 3.18. The van der Waals surface area contributed by atoms with Crippen molar-refractivity contribution in [3.8, 4) is 0 Å². The molecule has 0 radical (unpaired) electrons. The Morgan fingerprint density at radius 2 is 1.95 bits per heavy atom. The van der Waals surface area contributed by atoms with E-state index < -0.39 is 0 Å². The van der Waals surface area contributed by atoms with Gasteiger partial charge in [0.2, 0.25) is 5.91 Å². The Balaban J connectivity index is 1.29. The zero-order valence-corrected chi connectivity index (χ0v) is 11.5. The molecule has 4 saturated carbocycles. The Labute approximate surface area is 115 Å². The molecule has 2 N–H and O–H groups in total. The van der Waals surface area contributed by atoms with Gasteiger partial charge in [0.15, 0.2) is 0 Å². The number of amides is 1. The standard InChI is InChI=1S/C16H24N2O/c19-16(15-8-11-2-4-13(15)6-11)18-17-9-14-7-10-1-3-12(14)5-10/h9-13,15,17H,1-8H2,(H,18,19)/b14-9+/t10-,11-,12-,13-,15+/m1/s1. The molecule has 4 fully saturated rings. The van der Waals surface area contributed by atoms with Crippen molar-refractivity contribution < 1.29 is 4.79 Å². The monoisotopic (exact) mass is 260 g/mol. The first-order valence-electron chi connectivity index (χ1n) is 8.04. The van der Waals surface area contributed by atoms with Gasteiger partial charge >= 0.3 is 0 Å². The Bertz CT molecular complexity index is 417. The lowest BCUT2D eigenvalue weighted by Gasteiger charge is -2.21. The third-order valence-corrected chi connectivity index (χ3v) is 6.12. The summed E-state index contributed by atoms with van der Waals surface area (Å²) in [7, 11) is 0. The largest absolute Gasteiger partial charge is 0.306 e. The van der Waals surface area contributed by atoms with E-state index >= 15 is 0 Å². The van der Waals surface area contributed by atoms with E-state index in [1.807, 2.05) is 0 Å². The number of nitrogens with one attached hydrogen (secondary N) is 2. The van der Waals surface area contributed by atoms with Gasteiger partial charge in [0.1, 0.15) is 0 Å². The van der Waals surface area contributed by atoms with Crippen molar-refractivity contribution in [2.24, 2.45) is 29.6 Å². The zero-order valence-electron chi connectivity index (χ0n) is 11.5. The van der Waals surface area contributed by atoms with Crippen molar-refractivity contribution in [1.29, 1.82) is 0 Å². The molecular weight excluding hydrogens is 236 g/mol. The molecule has 0 unspecified atom stereocenters. The molecule has 5 atom stereocenters. The van der Waals surface area contributed by atoms with Crippen LogP contribution in [0.3, 0.4) is 0 Å². The summed E-state index contributed by atoms with van der Waals surface area (Å²) in [4.78, 5) is 12.2. The maximum absolute atomic E-state index is 12.2. The summed E-state index contributed by atoms with van der Waals surface area (Å²) in [6, 6.07) is 0. The first-order chi connectivity index (χ1) is 9.29. The molecule has 3 heteroatoms. The highest BCUT2D eigenvalue weighted by Crippen LogP contribution is 2.48. The lowest BCUT2D eigenvalue weighted by Crippen LogP contribution is -2.40. The number of allylic oxidation sites excluding steroid dienone is 1. The molecule has 3 nitrogen and oxygen atoms in total. The fourth-order valence-electron chi connectivity index (χ4n) is 5.13. The van der Waals surface area contributed by atoms with Crippen LogP contribution in [0.15, 0.2) is 11.8 Å². The van der Waals surface area contributed by atoms with Crippen LogP contribution in [0.1, 0.15) is 51.4 Å². The Morgan fingerprint density at radius 3 is 2.58 bits per heavy atom. The van der Waals surface area contributed by atoms with Gasteiger partial charge in [-0.05, 0) is 74.2 Å². The maximum atomic E-state index is 12.2. The summed E-state index contributed by atoms with van der Waals surface area (Å²) >= 11 is 0. The number of carbonyl (C=O) groups is 1. The average molecular weight is 260 g/mol. The van der Waals surface area contributed by atoms with E-state index in [1.165, 1.54) is 50.5 Å². The molecule has 0 aromatic rings. The zero-order chi connectivity index (χ0) is 12.8. The van der Waals surface area contributed by atoms with Crippen LogP contribution in [0, 0.1) is 29.6 Å². The molecule has 0 heterocycles. The van der Waals surface area contributed by atoms with Gasteiger partial charge in [-0.15, -0.1) is 0 Å². The summed E-state index contributed by atoms with van der Waals surface area (Å²) in [6.45, 7) is 0. The van der Waals surface area contributed by atoms with Crippen LogP contribution in [0.5, 0.6) is 0 Å². The molecule has 0 spiro atoms. The minimum atomic E-state index is 0.229. The van der Waals surface area contributed by atoms with Gasteiger partial charge in [0.05, 0.1) is 0 Å². The normalized spacial score (nSPS) is 45.1. The van der Waals surface area contributed by atoms with Crippen LogP contribution < -0.4 is 10.9 Å². The fourth-order valence-corrected chi connectivity index (χ4v) is 5.13. The molecule has 0 saturated heterocycles. The highest BCUT2D eigenvalue weighted by atomic mass is 16.2. The third-order valence-electron chi connectivity index (χ3n) is 6.12. The predicted octanol–water partition coefficient (Wildman–Crippen LogP) is 2.75. The van der Waals surface area contributed by atoms with Crippen molar-refractivity contribution in [3.63, 3.8) is 0 Å². The number of hydrogen-bond acceptors (Lipinski definition) is 2. The number of fused-ring (bicyclic) bond motifs is 4. The quantitative estimate of drug-likeness (QED) is 0.766. The first kappa shape index (κ1) is 11.8. The Kier molecular flexibility index (Phi) is 2.82. The van der Waals surface area contributed by atoms with Gasteiger partial charge in [-0.2, -0.15) is 0 Å². The van der Waals surface area contributed by atoms with Crippen molar-refractivity contribution in [2.75, 3.05) is 0 Å². The fraction of sp³-hybridized carbons (Fsp3) is 0.812. The molecule has 4 aliphatic rings. The minimum absolute atomic E-state index is 0.229. The second kappa shape index (κ2) is 4.53. The van der Waals surface area contributed by atoms with E-state index in [2.05, 4.69) is 17.1 Å². The summed E-state index contributed by atoms with van der Waals surface area (Å²) in [6.07, 6.45) is 12.5. The van der Waals surface area contributed by atoms with Gasteiger partial charge in [0, 0.05) is 12.1 Å². The van der Waals surface area contributed by atoms with Crippen molar-refractivity contribution >= 4 is 5.91 Å². The SMILES string of the molecule is O=C(NN/C=C1\C[C@@H]2CC[C@@H]1C2)[C@H]1C[C@@H]2CC[C@@H]1C2. The maximum Gasteiger partial charge on any atom is 0.241 e. The molecule has 19 heavy (non-hydrogen) atoms. The van der Waals surface area contributed by atoms with Crippen LogP contribution in [0.2, 0.25) is 0 Å². The summed E-state index contributed by atoms with van der Waals surface area (Å²) in [5.74, 6) is 3.75. The highest BCUT2D eigenvalue weighted by Gasteiger charge is 2.43. The van der Waals surface area contributed by atoms with Crippen LogP contribution in [-0.4, -0.2) is 5.91 Å². The highest BCUT2D eigenvalue weighted by molar-refractivity contribution is 5.79. The number of hydrazine groups is 1. The lowest BCUT2D eigenvalue weighted by molar-refractivity contribution is -0.127. The topological polar surface area (TPSA) is 41.1 Å².